The van der Waals surface area contributed by atoms with Crippen LogP contribution in [0.15, 0.2) is 29.2 Å². The standard InChI is InChI=1S/C13H21N3O2S/c14-12-2-4-13(5-3-12)19-15-18-9-1-6-16-7-10-17-11-8-16/h2-5,15H,1,6-11,14H2. The van der Waals surface area contributed by atoms with Crippen molar-refractivity contribution in [2.75, 3.05) is 45.2 Å². The lowest BCUT2D eigenvalue weighted by Gasteiger charge is -2.26. The second-order valence-electron chi connectivity index (χ2n) is 4.41. The van der Waals surface area contributed by atoms with E-state index in [9.17, 15) is 0 Å². The average Bonchev–Trinajstić information content (AvgIpc) is 2.46. The third kappa shape index (κ3) is 5.80. The number of ether oxygens (including phenoxy) is 1. The molecule has 6 heteroatoms. The Balaban J connectivity index is 1.49. The molecule has 0 atom stereocenters. The quantitative estimate of drug-likeness (QED) is 0.342. The summed E-state index contributed by atoms with van der Waals surface area (Å²) in [6, 6.07) is 7.68. The Morgan fingerprint density at radius 2 is 2.00 bits per heavy atom. The topological polar surface area (TPSA) is 59.8 Å². The summed E-state index contributed by atoms with van der Waals surface area (Å²) in [7, 11) is 0. The summed E-state index contributed by atoms with van der Waals surface area (Å²) in [5.74, 6) is 0. The molecule has 5 nitrogen and oxygen atoms in total. The number of hydrogen-bond donors (Lipinski definition) is 2. The summed E-state index contributed by atoms with van der Waals surface area (Å²) in [6.07, 6.45) is 1.02. The predicted octanol–water partition coefficient (Wildman–Crippen LogP) is 1.52. The molecular formula is C13H21N3O2S. The zero-order valence-corrected chi connectivity index (χ0v) is 11.8. The largest absolute Gasteiger partial charge is 0.399 e. The molecule has 1 aliphatic heterocycles. The third-order valence-corrected chi connectivity index (χ3v) is 3.63. The van der Waals surface area contributed by atoms with E-state index in [1.807, 2.05) is 24.3 Å². The number of anilines is 1. The number of nitrogen functional groups attached to an aromatic ring is 1. The molecule has 0 spiro atoms. The van der Waals surface area contributed by atoms with Crippen LogP contribution >= 0.6 is 11.9 Å². The van der Waals surface area contributed by atoms with Crippen molar-refractivity contribution in [3.05, 3.63) is 24.3 Å². The smallest absolute Gasteiger partial charge is 0.0705 e. The highest BCUT2D eigenvalue weighted by molar-refractivity contribution is 7.97. The second kappa shape index (κ2) is 8.39. The van der Waals surface area contributed by atoms with Crippen LogP contribution in [0.2, 0.25) is 0 Å². The van der Waals surface area contributed by atoms with Crippen LogP contribution < -0.4 is 10.6 Å². The van der Waals surface area contributed by atoms with Crippen LogP contribution in [0.25, 0.3) is 0 Å². The van der Waals surface area contributed by atoms with Crippen molar-refractivity contribution in [2.24, 2.45) is 0 Å². The van der Waals surface area contributed by atoms with Crippen molar-refractivity contribution in [1.29, 1.82) is 0 Å². The van der Waals surface area contributed by atoms with Crippen LogP contribution in [0.4, 0.5) is 5.69 Å². The van der Waals surface area contributed by atoms with Crippen LogP contribution in [0.5, 0.6) is 0 Å². The average molecular weight is 283 g/mol. The fraction of sp³-hybridized carbons (Fsp3) is 0.538. The summed E-state index contributed by atoms with van der Waals surface area (Å²) < 4.78 is 5.30. The van der Waals surface area contributed by atoms with Crippen molar-refractivity contribution in [2.45, 2.75) is 11.3 Å². The molecule has 1 aromatic carbocycles. The van der Waals surface area contributed by atoms with Crippen molar-refractivity contribution in [1.82, 2.24) is 9.79 Å². The van der Waals surface area contributed by atoms with E-state index < -0.39 is 0 Å². The van der Waals surface area contributed by atoms with Crippen LogP contribution in [0, 0.1) is 0 Å². The molecule has 0 bridgehead atoms. The van der Waals surface area contributed by atoms with Gasteiger partial charge in [-0.05, 0) is 42.6 Å². The first-order valence-corrected chi connectivity index (χ1v) is 7.35. The van der Waals surface area contributed by atoms with Gasteiger partial charge in [-0.3, -0.25) is 9.74 Å². The summed E-state index contributed by atoms with van der Waals surface area (Å²) in [4.78, 5) is 11.8. The van der Waals surface area contributed by atoms with Crippen LogP contribution in [-0.4, -0.2) is 44.4 Å². The van der Waals surface area contributed by atoms with E-state index in [0.717, 1.165) is 49.9 Å². The molecule has 1 aromatic rings. The van der Waals surface area contributed by atoms with E-state index in [4.69, 9.17) is 15.3 Å². The Kier molecular flexibility index (Phi) is 6.46. The fourth-order valence-corrected chi connectivity index (χ4v) is 2.35. The first kappa shape index (κ1) is 14.6. The molecular weight excluding hydrogens is 262 g/mol. The lowest BCUT2D eigenvalue weighted by Crippen LogP contribution is -2.37. The maximum atomic E-state index is 5.62. The van der Waals surface area contributed by atoms with E-state index in [1.54, 1.807) is 0 Å². The molecule has 3 N–H and O–H groups in total. The van der Waals surface area contributed by atoms with Gasteiger partial charge in [-0.15, -0.1) is 4.89 Å². The zero-order valence-electron chi connectivity index (χ0n) is 11.0. The summed E-state index contributed by atoms with van der Waals surface area (Å²) in [6.45, 7) is 5.55. The number of morpholine rings is 1. The highest BCUT2D eigenvalue weighted by Gasteiger charge is 2.08. The Morgan fingerprint density at radius 1 is 1.26 bits per heavy atom. The van der Waals surface area contributed by atoms with E-state index in [2.05, 4.69) is 9.79 Å². The highest BCUT2D eigenvalue weighted by atomic mass is 32.2. The minimum absolute atomic E-state index is 0.708. The van der Waals surface area contributed by atoms with Gasteiger partial charge in [0.05, 0.1) is 19.8 Å². The number of rotatable bonds is 7. The molecule has 0 radical (unpaired) electrons. The molecule has 19 heavy (non-hydrogen) atoms. The minimum Gasteiger partial charge on any atom is -0.399 e. The predicted molar refractivity (Wildman–Crippen MR) is 77.7 cm³/mol. The van der Waals surface area contributed by atoms with Crippen LogP contribution in [-0.2, 0) is 9.57 Å². The van der Waals surface area contributed by atoms with Crippen molar-refractivity contribution in [3.8, 4) is 0 Å². The third-order valence-electron chi connectivity index (χ3n) is 2.92. The molecule has 1 aliphatic rings. The molecule has 2 rings (SSSR count). The first-order chi connectivity index (χ1) is 9.34. The molecule has 0 saturated carbocycles. The molecule has 1 saturated heterocycles. The zero-order chi connectivity index (χ0) is 13.3. The lowest BCUT2D eigenvalue weighted by atomic mass is 10.3. The lowest BCUT2D eigenvalue weighted by molar-refractivity contribution is 0.0292. The van der Waals surface area contributed by atoms with Gasteiger partial charge in [0.25, 0.3) is 0 Å². The van der Waals surface area contributed by atoms with Gasteiger partial charge < -0.3 is 10.5 Å². The van der Waals surface area contributed by atoms with E-state index in [0.29, 0.717) is 6.61 Å². The number of nitrogens with two attached hydrogens (primary N) is 1. The number of nitrogens with zero attached hydrogens (tertiary/aromatic N) is 1. The summed E-state index contributed by atoms with van der Waals surface area (Å²) in [5, 5.41) is 0. The molecule has 0 amide bonds. The molecule has 0 aromatic heterocycles. The first-order valence-electron chi connectivity index (χ1n) is 6.54. The van der Waals surface area contributed by atoms with Crippen LogP contribution in [0.1, 0.15) is 6.42 Å². The molecule has 106 valence electrons. The highest BCUT2D eigenvalue weighted by Crippen LogP contribution is 2.15. The van der Waals surface area contributed by atoms with Gasteiger partial charge in [0.15, 0.2) is 0 Å². The second-order valence-corrected chi connectivity index (χ2v) is 5.25. The van der Waals surface area contributed by atoms with Gasteiger partial charge in [0.2, 0.25) is 0 Å². The number of hydrogen-bond acceptors (Lipinski definition) is 6. The van der Waals surface area contributed by atoms with Crippen molar-refractivity contribution in [3.63, 3.8) is 0 Å². The minimum atomic E-state index is 0.708. The fourth-order valence-electron chi connectivity index (χ4n) is 1.84. The Hall–Kier alpha value is -0.790. The van der Waals surface area contributed by atoms with E-state index in [-0.39, 0.29) is 0 Å². The van der Waals surface area contributed by atoms with Gasteiger partial charge in [0.1, 0.15) is 0 Å². The molecule has 1 fully saturated rings. The summed E-state index contributed by atoms with van der Waals surface area (Å²) >= 11 is 1.45. The van der Waals surface area contributed by atoms with Gasteiger partial charge in [-0.25, -0.2) is 0 Å². The van der Waals surface area contributed by atoms with Gasteiger partial charge in [-0.1, -0.05) is 0 Å². The molecule has 1 heterocycles. The monoisotopic (exact) mass is 283 g/mol. The Labute approximate surface area is 118 Å². The van der Waals surface area contributed by atoms with Gasteiger partial charge >= 0.3 is 0 Å². The van der Waals surface area contributed by atoms with Crippen LogP contribution in [0.3, 0.4) is 0 Å². The molecule has 0 unspecified atom stereocenters. The Bertz CT molecular complexity index is 355. The van der Waals surface area contributed by atoms with Gasteiger partial charge in [0, 0.05) is 30.2 Å². The number of benzene rings is 1. The maximum Gasteiger partial charge on any atom is 0.0705 e. The Morgan fingerprint density at radius 3 is 2.74 bits per heavy atom. The molecule has 0 aliphatic carbocycles. The van der Waals surface area contributed by atoms with E-state index in [1.165, 1.54) is 11.9 Å². The van der Waals surface area contributed by atoms with Crippen molar-refractivity contribution < 1.29 is 9.57 Å². The SMILES string of the molecule is Nc1ccc(SNOCCCN2CCOCC2)cc1. The summed E-state index contributed by atoms with van der Waals surface area (Å²) in [5.41, 5.74) is 6.39. The van der Waals surface area contributed by atoms with E-state index >= 15 is 0 Å². The maximum absolute atomic E-state index is 5.62. The number of nitrogens with one attached hydrogen (secondary N) is 1. The van der Waals surface area contributed by atoms with Crippen molar-refractivity contribution >= 4 is 17.6 Å². The van der Waals surface area contributed by atoms with Gasteiger partial charge in [-0.2, -0.15) is 0 Å². The normalized spacial score (nSPS) is 16.6.